The van der Waals surface area contributed by atoms with Crippen molar-refractivity contribution in [3.05, 3.63) is 82.2 Å². The van der Waals surface area contributed by atoms with Crippen molar-refractivity contribution in [1.29, 1.82) is 0 Å². The zero-order valence-electron chi connectivity index (χ0n) is 13.8. The number of nitrogens with one attached hydrogen (secondary N) is 1. The Balaban J connectivity index is 1.62. The van der Waals surface area contributed by atoms with Crippen LogP contribution in [0, 0.1) is 0 Å². The zero-order valence-corrected chi connectivity index (χ0v) is 16.1. The number of hydrogen-bond acceptors (Lipinski definition) is 3. The van der Waals surface area contributed by atoms with Crippen LogP contribution < -0.4 is 10.2 Å². The summed E-state index contributed by atoms with van der Waals surface area (Å²) in [5.74, 6) is 0.842. The van der Waals surface area contributed by atoms with Gasteiger partial charge in [-0.2, -0.15) is 0 Å². The summed E-state index contributed by atoms with van der Waals surface area (Å²) in [6.07, 6.45) is 1.62. The molecule has 0 unspecified atom stereocenters. The van der Waals surface area contributed by atoms with E-state index in [-0.39, 0.29) is 5.91 Å². The molecule has 1 fully saturated rings. The van der Waals surface area contributed by atoms with Crippen LogP contribution in [0.4, 0.5) is 5.69 Å². The van der Waals surface area contributed by atoms with E-state index in [1.165, 1.54) is 4.90 Å². The first-order valence-electron chi connectivity index (χ1n) is 8.00. The molecule has 2 heterocycles. The molecule has 0 bridgehead atoms. The van der Waals surface area contributed by atoms with Crippen LogP contribution in [0.1, 0.15) is 5.76 Å². The third-order valence-electron chi connectivity index (χ3n) is 4.00. The summed E-state index contributed by atoms with van der Waals surface area (Å²) in [7, 11) is 0. The van der Waals surface area contributed by atoms with Gasteiger partial charge in [-0.3, -0.25) is 9.69 Å². The highest BCUT2D eigenvalue weighted by Gasteiger charge is 2.32. The van der Waals surface area contributed by atoms with Crippen molar-refractivity contribution in [1.82, 2.24) is 5.32 Å². The molecule has 2 aromatic carbocycles. The molecule has 1 saturated heterocycles. The molecule has 0 radical (unpaired) electrons. The zero-order chi connectivity index (χ0) is 19.0. The Labute approximate surface area is 171 Å². The number of thiocarbonyl (C=S) groups is 1. The van der Waals surface area contributed by atoms with Gasteiger partial charge in [-0.15, -0.1) is 0 Å². The maximum absolute atomic E-state index is 12.7. The van der Waals surface area contributed by atoms with E-state index in [2.05, 4.69) is 5.32 Å². The lowest BCUT2D eigenvalue weighted by atomic mass is 10.2. The number of hydrogen-bond donors (Lipinski definition) is 1. The van der Waals surface area contributed by atoms with Crippen LogP contribution in [-0.2, 0) is 4.79 Å². The van der Waals surface area contributed by atoms with Crippen molar-refractivity contribution in [2.24, 2.45) is 0 Å². The van der Waals surface area contributed by atoms with Gasteiger partial charge in [0.2, 0.25) is 0 Å². The minimum atomic E-state index is -0.242. The molecule has 0 saturated carbocycles. The second-order valence-corrected chi connectivity index (χ2v) is 7.02. The molecule has 1 aliphatic rings. The summed E-state index contributed by atoms with van der Waals surface area (Å²) in [5, 5.41) is 4.30. The standard InChI is InChI=1S/C20H12Cl2N2O2S/c21-12-6-8-15(16(22)10-12)18-9-7-14(26-18)11-17-19(25)24(20(27)23-17)13-4-2-1-3-5-13/h1-11H,(H,23,27)/b17-11-. The van der Waals surface area contributed by atoms with Gasteiger partial charge < -0.3 is 9.73 Å². The first-order valence-corrected chi connectivity index (χ1v) is 9.17. The summed E-state index contributed by atoms with van der Waals surface area (Å²) in [5.41, 5.74) is 1.77. The quantitative estimate of drug-likeness (QED) is 0.452. The monoisotopic (exact) mass is 414 g/mol. The number of amides is 1. The molecule has 4 nitrogen and oxygen atoms in total. The number of furan rings is 1. The van der Waals surface area contributed by atoms with Crippen molar-refractivity contribution in [3.63, 3.8) is 0 Å². The van der Waals surface area contributed by atoms with Crippen molar-refractivity contribution in [2.45, 2.75) is 0 Å². The summed E-state index contributed by atoms with van der Waals surface area (Å²) in [6, 6.07) is 17.9. The van der Waals surface area contributed by atoms with Gasteiger partial charge in [0.05, 0.1) is 10.7 Å². The molecule has 7 heteroatoms. The molecular formula is C20H12Cl2N2O2S. The smallest absolute Gasteiger partial charge is 0.281 e. The summed E-state index contributed by atoms with van der Waals surface area (Å²) in [6.45, 7) is 0. The number of anilines is 1. The molecule has 3 aromatic rings. The van der Waals surface area contributed by atoms with E-state index in [4.69, 9.17) is 39.8 Å². The van der Waals surface area contributed by atoms with E-state index in [1.54, 1.807) is 36.4 Å². The lowest BCUT2D eigenvalue weighted by Gasteiger charge is -2.13. The minimum Gasteiger partial charge on any atom is -0.457 e. The van der Waals surface area contributed by atoms with Crippen LogP contribution in [0.15, 0.2) is 70.8 Å². The fourth-order valence-corrected chi connectivity index (χ4v) is 3.55. The van der Waals surface area contributed by atoms with Gasteiger partial charge >= 0.3 is 0 Å². The summed E-state index contributed by atoms with van der Waals surface area (Å²) >= 11 is 17.4. The fraction of sp³-hybridized carbons (Fsp3) is 0. The van der Waals surface area contributed by atoms with E-state index in [9.17, 15) is 4.79 Å². The van der Waals surface area contributed by atoms with E-state index >= 15 is 0 Å². The highest BCUT2D eigenvalue weighted by molar-refractivity contribution is 7.80. The Hall–Kier alpha value is -2.60. The molecule has 4 rings (SSSR count). The lowest BCUT2D eigenvalue weighted by Crippen LogP contribution is -2.30. The van der Waals surface area contributed by atoms with Crippen LogP contribution in [0.5, 0.6) is 0 Å². The first kappa shape index (κ1) is 17.8. The van der Waals surface area contributed by atoms with Gasteiger partial charge in [0, 0.05) is 16.7 Å². The van der Waals surface area contributed by atoms with Crippen molar-refractivity contribution >= 4 is 58.2 Å². The molecule has 0 aliphatic carbocycles. The van der Waals surface area contributed by atoms with Gasteiger partial charge in [0.25, 0.3) is 5.91 Å². The maximum Gasteiger partial charge on any atom is 0.281 e. The SMILES string of the molecule is O=C1/C(=C/c2ccc(-c3ccc(Cl)cc3Cl)o2)NC(=S)N1c1ccccc1. The van der Waals surface area contributed by atoms with Crippen molar-refractivity contribution < 1.29 is 9.21 Å². The maximum atomic E-state index is 12.7. The molecule has 1 aromatic heterocycles. The molecule has 1 aliphatic heterocycles. The topological polar surface area (TPSA) is 45.5 Å². The Morgan fingerprint density at radius 1 is 1.04 bits per heavy atom. The van der Waals surface area contributed by atoms with E-state index in [0.717, 1.165) is 5.56 Å². The van der Waals surface area contributed by atoms with Gasteiger partial charge in [0.15, 0.2) is 5.11 Å². The molecule has 27 heavy (non-hydrogen) atoms. The Kier molecular flexibility index (Phi) is 4.74. The van der Waals surface area contributed by atoms with Crippen LogP contribution in [-0.4, -0.2) is 11.0 Å². The largest absolute Gasteiger partial charge is 0.457 e. The van der Waals surface area contributed by atoms with E-state index in [1.807, 2.05) is 30.3 Å². The Morgan fingerprint density at radius 2 is 1.81 bits per heavy atom. The van der Waals surface area contributed by atoms with Crippen LogP contribution in [0.25, 0.3) is 17.4 Å². The van der Waals surface area contributed by atoms with Gasteiger partial charge in [-0.05, 0) is 54.7 Å². The molecule has 1 N–H and O–H groups in total. The number of halogens is 2. The predicted molar refractivity (Wildman–Crippen MR) is 112 cm³/mol. The third kappa shape index (κ3) is 3.49. The molecule has 0 spiro atoms. The Bertz CT molecular complexity index is 1080. The molecular weight excluding hydrogens is 403 g/mol. The molecule has 0 atom stereocenters. The fourth-order valence-electron chi connectivity index (χ4n) is 2.75. The van der Waals surface area contributed by atoms with Crippen molar-refractivity contribution in [3.8, 4) is 11.3 Å². The highest BCUT2D eigenvalue weighted by Crippen LogP contribution is 2.32. The molecule has 134 valence electrons. The summed E-state index contributed by atoms with van der Waals surface area (Å²) < 4.78 is 5.82. The minimum absolute atomic E-state index is 0.242. The van der Waals surface area contributed by atoms with E-state index in [0.29, 0.717) is 38.1 Å². The lowest BCUT2D eigenvalue weighted by molar-refractivity contribution is -0.113. The summed E-state index contributed by atoms with van der Waals surface area (Å²) in [4.78, 5) is 14.2. The van der Waals surface area contributed by atoms with Gasteiger partial charge in [-0.1, -0.05) is 41.4 Å². The highest BCUT2D eigenvalue weighted by atomic mass is 35.5. The molecule has 1 amide bonds. The van der Waals surface area contributed by atoms with Gasteiger partial charge in [0.1, 0.15) is 17.2 Å². The Morgan fingerprint density at radius 3 is 2.56 bits per heavy atom. The average Bonchev–Trinajstić information content (AvgIpc) is 3.21. The van der Waals surface area contributed by atoms with Gasteiger partial charge in [-0.25, -0.2) is 0 Å². The van der Waals surface area contributed by atoms with E-state index < -0.39 is 0 Å². The second-order valence-electron chi connectivity index (χ2n) is 5.79. The van der Waals surface area contributed by atoms with Crippen LogP contribution in [0.2, 0.25) is 10.0 Å². The average molecular weight is 415 g/mol. The first-order chi connectivity index (χ1) is 13.0. The third-order valence-corrected chi connectivity index (χ3v) is 4.83. The van der Waals surface area contributed by atoms with Crippen LogP contribution >= 0.6 is 35.4 Å². The normalized spacial score (nSPS) is 15.5. The number of para-hydroxylation sites is 1. The van der Waals surface area contributed by atoms with Crippen LogP contribution in [0.3, 0.4) is 0 Å². The number of benzene rings is 2. The number of carbonyl (C=O) groups is 1. The second kappa shape index (κ2) is 7.19. The number of carbonyl (C=O) groups excluding carboxylic acids is 1. The predicted octanol–water partition coefficient (Wildman–Crippen LogP) is 5.52. The number of nitrogens with zero attached hydrogens (tertiary/aromatic N) is 1. The van der Waals surface area contributed by atoms with Crippen molar-refractivity contribution in [2.75, 3.05) is 4.90 Å². The number of rotatable bonds is 3.